The van der Waals surface area contributed by atoms with Gasteiger partial charge in [-0.1, -0.05) is 0 Å². The zero-order chi connectivity index (χ0) is 11.9. The van der Waals surface area contributed by atoms with Crippen LogP contribution in [0, 0.1) is 0 Å². The maximum atomic E-state index is 11.2. The second kappa shape index (κ2) is 6.59. The SMILES string of the molecule is COC(=O)NS(=O)(=O)NC(C)CCCO. The topological polar surface area (TPSA) is 105 Å². The summed E-state index contributed by atoms with van der Waals surface area (Å²) in [4.78, 5) is 10.6. The summed E-state index contributed by atoms with van der Waals surface area (Å²) in [5.74, 6) is 0. The number of rotatable bonds is 6. The minimum absolute atomic E-state index is 0.00347. The zero-order valence-electron chi connectivity index (χ0n) is 8.69. The van der Waals surface area contributed by atoms with E-state index < -0.39 is 16.3 Å². The van der Waals surface area contributed by atoms with Crippen molar-refractivity contribution in [2.75, 3.05) is 13.7 Å². The number of carbonyl (C=O) groups is 1. The largest absolute Gasteiger partial charge is 0.452 e. The Labute approximate surface area is 89.0 Å². The second-order valence-corrected chi connectivity index (χ2v) is 4.43. The number of amides is 1. The van der Waals surface area contributed by atoms with Gasteiger partial charge in [0.15, 0.2) is 0 Å². The highest BCUT2D eigenvalue weighted by atomic mass is 32.2. The molecule has 0 aromatic carbocycles. The molecule has 1 amide bonds. The fraction of sp³-hybridized carbons (Fsp3) is 0.857. The number of aliphatic hydroxyl groups excluding tert-OH is 1. The van der Waals surface area contributed by atoms with E-state index in [1.165, 1.54) is 0 Å². The summed E-state index contributed by atoms with van der Waals surface area (Å²) in [5.41, 5.74) is 0. The van der Waals surface area contributed by atoms with Crippen molar-refractivity contribution in [2.45, 2.75) is 25.8 Å². The predicted molar refractivity (Wildman–Crippen MR) is 53.4 cm³/mol. The fourth-order valence-electron chi connectivity index (χ4n) is 0.902. The zero-order valence-corrected chi connectivity index (χ0v) is 9.50. The molecule has 0 saturated carbocycles. The highest BCUT2D eigenvalue weighted by molar-refractivity contribution is 7.88. The van der Waals surface area contributed by atoms with Crippen LogP contribution in [0.25, 0.3) is 0 Å². The molecule has 90 valence electrons. The van der Waals surface area contributed by atoms with Crippen molar-refractivity contribution >= 4 is 16.3 Å². The molecule has 0 bridgehead atoms. The Morgan fingerprint density at radius 1 is 1.53 bits per heavy atom. The van der Waals surface area contributed by atoms with E-state index in [1.807, 2.05) is 0 Å². The monoisotopic (exact) mass is 240 g/mol. The molecule has 0 aliphatic rings. The van der Waals surface area contributed by atoms with Crippen LogP contribution in [0.4, 0.5) is 4.79 Å². The summed E-state index contributed by atoms with van der Waals surface area (Å²) in [6, 6.07) is -0.362. The minimum atomic E-state index is -3.88. The predicted octanol–water partition coefficient (Wildman–Crippen LogP) is -0.662. The first-order valence-corrected chi connectivity index (χ1v) is 5.88. The van der Waals surface area contributed by atoms with E-state index in [-0.39, 0.29) is 12.6 Å². The molecule has 0 aliphatic heterocycles. The van der Waals surface area contributed by atoms with Crippen LogP contribution in [0.2, 0.25) is 0 Å². The van der Waals surface area contributed by atoms with E-state index in [9.17, 15) is 13.2 Å². The third kappa shape index (κ3) is 7.11. The Morgan fingerprint density at radius 3 is 2.60 bits per heavy atom. The minimum Gasteiger partial charge on any atom is -0.452 e. The number of carbonyl (C=O) groups excluding carboxylic acids is 1. The Hall–Kier alpha value is -0.860. The number of methoxy groups -OCH3 is 1. The lowest BCUT2D eigenvalue weighted by Crippen LogP contribution is -2.44. The van der Waals surface area contributed by atoms with E-state index in [1.54, 1.807) is 11.6 Å². The Morgan fingerprint density at radius 2 is 2.13 bits per heavy atom. The van der Waals surface area contributed by atoms with E-state index >= 15 is 0 Å². The second-order valence-electron chi connectivity index (χ2n) is 2.98. The van der Waals surface area contributed by atoms with Gasteiger partial charge in [0.1, 0.15) is 0 Å². The standard InChI is InChI=1S/C7H16N2O5S/c1-6(4-3-5-10)8-15(12,13)9-7(11)14-2/h6,8,10H,3-5H2,1-2H3,(H,9,11). The summed E-state index contributed by atoms with van der Waals surface area (Å²) >= 11 is 0. The van der Waals surface area contributed by atoms with E-state index in [4.69, 9.17) is 5.11 Å². The molecule has 0 aliphatic carbocycles. The normalized spacial score (nSPS) is 13.3. The third-order valence-corrected chi connectivity index (χ3v) is 2.70. The highest BCUT2D eigenvalue weighted by Gasteiger charge is 2.16. The maximum Gasteiger partial charge on any atom is 0.421 e. The van der Waals surface area contributed by atoms with Crippen molar-refractivity contribution in [1.82, 2.24) is 9.44 Å². The van der Waals surface area contributed by atoms with Crippen LogP contribution >= 0.6 is 0 Å². The van der Waals surface area contributed by atoms with Crippen molar-refractivity contribution in [1.29, 1.82) is 0 Å². The van der Waals surface area contributed by atoms with Crippen molar-refractivity contribution < 1.29 is 23.1 Å². The Kier molecular flexibility index (Phi) is 6.21. The number of hydrogen-bond acceptors (Lipinski definition) is 5. The van der Waals surface area contributed by atoms with Crippen LogP contribution in [0.15, 0.2) is 0 Å². The number of hydrogen-bond donors (Lipinski definition) is 3. The van der Waals surface area contributed by atoms with Gasteiger partial charge in [0, 0.05) is 12.6 Å². The molecule has 3 N–H and O–H groups in total. The van der Waals surface area contributed by atoms with Gasteiger partial charge in [0.05, 0.1) is 7.11 Å². The first kappa shape index (κ1) is 14.1. The first-order valence-electron chi connectivity index (χ1n) is 4.40. The summed E-state index contributed by atoms with van der Waals surface area (Å²) < 4.78 is 30.4. The molecule has 1 atom stereocenters. The lowest BCUT2D eigenvalue weighted by atomic mass is 10.2. The average Bonchev–Trinajstić information content (AvgIpc) is 2.12. The van der Waals surface area contributed by atoms with E-state index in [0.717, 1.165) is 7.11 Å². The van der Waals surface area contributed by atoms with Crippen molar-refractivity contribution in [3.63, 3.8) is 0 Å². The molecule has 0 heterocycles. The molecule has 0 spiro atoms. The summed E-state index contributed by atoms with van der Waals surface area (Å²) in [7, 11) is -2.81. The molecule has 0 aromatic rings. The Balaban J connectivity index is 4.08. The van der Waals surface area contributed by atoms with Gasteiger partial charge < -0.3 is 9.84 Å². The molecule has 0 radical (unpaired) electrons. The molecule has 1 unspecified atom stereocenters. The van der Waals surface area contributed by atoms with Gasteiger partial charge in [-0.2, -0.15) is 13.1 Å². The summed E-state index contributed by atoms with van der Waals surface area (Å²) in [6.07, 6.45) is -0.0719. The first-order chi connectivity index (χ1) is 6.91. The van der Waals surface area contributed by atoms with Crippen molar-refractivity contribution in [3.05, 3.63) is 0 Å². The van der Waals surface area contributed by atoms with Gasteiger partial charge in [-0.25, -0.2) is 9.52 Å². The summed E-state index contributed by atoms with van der Waals surface area (Å²) in [5, 5.41) is 8.53. The smallest absolute Gasteiger partial charge is 0.421 e. The quantitative estimate of drug-likeness (QED) is 0.571. The fourth-order valence-corrected chi connectivity index (χ4v) is 1.91. The number of nitrogens with one attached hydrogen (secondary N) is 2. The lowest BCUT2D eigenvalue weighted by molar-refractivity contribution is 0.177. The van der Waals surface area contributed by atoms with Gasteiger partial charge in [0.25, 0.3) is 0 Å². The number of aliphatic hydroxyl groups is 1. The molecule has 8 heteroatoms. The van der Waals surface area contributed by atoms with E-state index in [0.29, 0.717) is 12.8 Å². The van der Waals surface area contributed by atoms with Gasteiger partial charge in [0.2, 0.25) is 0 Å². The van der Waals surface area contributed by atoms with E-state index in [2.05, 4.69) is 9.46 Å². The lowest BCUT2D eigenvalue weighted by Gasteiger charge is -2.13. The highest BCUT2D eigenvalue weighted by Crippen LogP contribution is 1.96. The molecule has 0 saturated heterocycles. The van der Waals surface area contributed by atoms with Crippen LogP contribution in [0.5, 0.6) is 0 Å². The molecular formula is C7H16N2O5S. The number of ether oxygens (including phenoxy) is 1. The maximum absolute atomic E-state index is 11.2. The summed E-state index contributed by atoms with van der Waals surface area (Å²) in [6.45, 7) is 1.63. The molecule has 0 aromatic heterocycles. The van der Waals surface area contributed by atoms with Crippen LogP contribution in [0.1, 0.15) is 19.8 Å². The van der Waals surface area contributed by atoms with Gasteiger partial charge in [-0.3, -0.25) is 0 Å². The molecule has 7 nitrogen and oxygen atoms in total. The van der Waals surface area contributed by atoms with Crippen molar-refractivity contribution in [3.8, 4) is 0 Å². The van der Waals surface area contributed by atoms with Gasteiger partial charge >= 0.3 is 16.3 Å². The van der Waals surface area contributed by atoms with Crippen LogP contribution in [-0.2, 0) is 14.9 Å². The molecule has 0 fully saturated rings. The molecule has 0 rings (SSSR count). The van der Waals surface area contributed by atoms with Gasteiger partial charge in [-0.15, -0.1) is 0 Å². The van der Waals surface area contributed by atoms with Crippen LogP contribution in [0.3, 0.4) is 0 Å². The van der Waals surface area contributed by atoms with Crippen molar-refractivity contribution in [2.24, 2.45) is 0 Å². The molecular weight excluding hydrogens is 224 g/mol. The van der Waals surface area contributed by atoms with Crippen LogP contribution in [-0.4, -0.2) is 39.4 Å². The van der Waals surface area contributed by atoms with Crippen LogP contribution < -0.4 is 9.44 Å². The third-order valence-electron chi connectivity index (χ3n) is 1.55. The van der Waals surface area contributed by atoms with Gasteiger partial charge in [-0.05, 0) is 19.8 Å². The average molecular weight is 240 g/mol. The molecule has 15 heavy (non-hydrogen) atoms. The Bertz CT molecular complexity index is 290.